The Morgan fingerprint density at radius 3 is 2.52 bits per heavy atom. The maximum absolute atomic E-state index is 13.8. The lowest BCUT2D eigenvalue weighted by Gasteiger charge is -2.24. The van der Waals surface area contributed by atoms with E-state index in [0.29, 0.717) is 6.61 Å². The van der Waals surface area contributed by atoms with E-state index in [1.54, 1.807) is 6.92 Å². The number of ether oxygens (including phenoxy) is 1. The Labute approximate surface area is 150 Å². The lowest BCUT2D eigenvalue weighted by atomic mass is 10.3. The summed E-state index contributed by atoms with van der Waals surface area (Å²) in [7, 11) is 0. The second-order valence-corrected chi connectivity index (χ2v) is 7.85. The smallest absolute Gasteiger partial charge is 0.344 e. The van der Waals surface area contributed by atoms with Crippen LogP contribution in [0.25, 0.3) is 0 Å². The molecule has 0 aliphatic carbocycles. The van der Waals surface area contributed by atoms with Crippen molar-refractivity contribution in [2.75, 3.05) is 11.9 Å². The van der Waals surface area contributed by atoms with Crippen molar-refractivity contribution < 1.29 is 13.5 Å². The van der Waals surface area contributed by atoms with Gasteiger partial charge in [-0.05, 0) is 49.1 Å². The van der Waals surface area contributed by atoms with Gasteiger partial charge in [-0.15, -0.1) is 0 Å². The van der Waals surface area contributed by atoms with Crippen molar-refractivity contribution in [3.05, 3.63) is 23.2 Å². The Morgan fingerprint density at radius 2 is 2.00 bits per heavy atom. The van der Waals surface area contributed by atoms with Crippen molar-refractivity contribution in [2.45, 2.75) is 20.9 Å². The minimum absolute atomic E-state index is 0.0406. The summed E-state index contributed by atoms with van der Waals surface area (Å²) in [5, 5.41) is -0.685. The molecule has 10 heteroatoms. The second-order valence-electron chi connectivity index (χ2n) is 3.60. The van der Waals surface area contributed by atoms with Crippen molar-refractivity contribution in [3.8, 4) is 0 Å². The largest absolute Gasteiger partial charge is 0.471 e. The van der Waals surface area contributed by atoms with Gasteiger partial charge in [-0.25, -0.2) is 0 Å². The van der Waals surface area contributed by atoms with Gasteiger partial charge in [0.2, 0.25) is 0 Å². The van der Waals surface area contributed by atoms with Crippen molar-refractivity contribution in [1.82, 2.24) is 0 Å². The third-order valence-corrected chi connectivity index (χ3v) is 4.65. The highest BCUT2D eigenvalue weighted by molar-refractivity contribution is 8.00. The summed E-state index contributed by atoms with van der Waals surface area (Å²) in [6.07, 6.45) is 0. The molecule has 0 spiro atoms. The van der Waals surface area contributed by atoms with Crippen LogP contribution in [0.15, 0.2) is 23.1 Å². The summed E-state index contributed by atoms with van der Waals surface area (Å²) >= 11 is 26.6. The maximum atomic E-state index is 13.8. The third kappa shape index (κ3) is 5.77. The second kappa shape index (κ2) is 7.70. The van der Waals surface area contributed by atoms with E-state index in [9.17, 15) is 8.78 Å². The van der Waals surface area contributed by atoms with Gasteiger partial charge in [0.1, 0.15) is 0 Å². The van der Waals surface area contributed by atoms with Crippen LogP contribution in [0.3, 0.4) is 0 Å². The molecule has 2 nitrogen and oxygen atoms in total. The average Bonchev–Trinajstić information content (AvgIpc) is 2.31. The Morgan fingerprint density at radius 1 is 1.38 bits per heavy atom. The Balaban J connectivity index is 3.05. The van der Waals surface area contributed by atoms with Crippen LogP contribution < -0.4 is 5.32 Å². The van der Waals surface area contributed by atoms with Gasteiger partial charge in [-0.2, -0.15) is 8.78 Å². The van der Waals surface area contributed by atoms with Gasteiger partial charge in [0, 0.05) is 9.92 Å². The highest BCUT2D eigenvalue weighted by atomic mass is 35.6. The molecule has 0 saturated heterocycles. The minimum Gasteiger partial charge on any atom is -0.471 e. The van der Waals surface area contributed by atoms with Crippen LogP contribution in [0, 0.1) is 0 Å². The van der Waals surface area contributed by atoms with Gasteiger partial charge >= 0.3 is 5.25 Å². The number of thiocarbonyl (C=S) groups is 1. The number of hydrogen-bond donors (Lipinski definition) is 1. The number of thioether (sulfide) groups is 1. The van der Waals surface area contributed by atoms with E-state index in [-0.39, 0.29) is 32.5 Å². The molecule has 0 amide bonds. The molecular formula is C11H9Cl4F2NOS2. The minimum atomic E-state index is -3.66. The topological polar surface area (TPSA) is 21.3 Å². The molecule has 118 valence electrons. The van der Waals surface area contributed by atoms with Gasteiger partial charge < -0.3 is 10.1 Å². The first-order valence-electron chi connectivity index (χ1n) is 5.43. The molecule has 1 aromatic carbocycles. The third-order valence-electron chi connectivity index (χ3n) is 2.02. The predicted molar refractivity (Wildman–Crippen MR) is 90.4 cm³/mol. The summed E-state index contributed by atoms with van der Waals surface area (Å²) in [6.45, 7) is 2.08. The summed E-state index contributed by atoms with van der Waals surface area (Å²) in [4.78, 5) is 0.0703. The number of halogens is 6. The lowest BCUT2D eigenvalue weighted by Crippen LogP contribution is -2.29. The summed E-state index contributed by atoms with van der Waals surface area (Å²) in [5.74, 6) is 0. The lowest BCUT2D eigenvalue weighted by molar-refractivity contribution is 0.111. The molecule has 1 rings (SSSR count). The highest BCUT2D eigenvalue weighted by Gasteiger charge is 2.52. The van der Waals surface area contributed by atoms with E-state index in [1.165, 1.54) is 18.2 Å². The van der Waals surface area contributed by atoms with Crippen molar-refractivity contribution in [2.24, 2.45) is 0 Å². The van der Waals surface area contributed by atoms with Gasteiger partial charge in [0.25, 0.3) is 8.97 Å². The molecule has 0 aliphatic rings. The van der Waals surface area contributed by atoms with Gasteiger partial charge in [0.15, 0.2) is 0 Å². The van der Waals surface area contributed by atoms with Crippen molar-refractivity contribution in [1.29, 1.82) is 0 Å². The Bertz CT molecular complexity index is 525. The standard InChI is InChI=1S/C11H9Cl4F2NOS2/c1-2-19-9(20)18-7-4-3-6(12)5-8(7)21-11(16,17)10(13,14)15/h3-5H,2H2,1H3,(H,18,20). The molecule has 1 aromatic rings. The SMILES string of the molecule is CCOC(=S)Nc1ccc(Cl)cc1SC(F)(F)C(Cl)(Cl)Cl. The van der Waals surface area contributed by atoms with Gasteiger partial charge in [0.05, 0.1) is 12.3 Å². The fraction of sp³-hybridized carbons (Fsp3) is 0.364. The molecule has 0 fully saturated rings. The van der Waals surface area contributed by atoms with Crippen LogP contribution in [-0.4, -0.2) is 20.8 Å². The summed E-state index contributed by atoms with van der Waals surface area (Å²) in [6, 6.07) is 4.30. The molecule has 0 radical (unpaired) electrons. The summed E-state index contributed by atoms with van der Waals surface area (Å²) < 4.78 is 30.0. The zero-order valence-corrected chi connectivity index (χ0v) is 15.1. The van der Waals surface area contributed by atoms with Crippen LogP contribution in [0.5, 0.6) is 0 Å². The molecule has 0 aromatic heterocycles. The zero-order valence-electron chi connectivity index (χ0n) is 10.4. The number of anilines is 1. The fourth-order valence-corrected chi connectivity index (χ4v) is 2.78. The zero-order chi connectivity index (χ0) is 16.3. The van der Waals surface area contributed by atoms with E-state index in [1.807, 2.05) is 0 Å². The van der Waals surface area contributed by atoms with Crippen LogP contribution in [0.1, 0.15) is 6.92 Å². The molecule has 21 heavy (non-hydrogen) atoms. The monoisotopic (exact) mass is 413 g/mol. The van der Waals surface area contributed by atoms with Crippen molar-refractivity contribution >= 4 is 81.2 Å². The highest BCUT2D eigenvalue weighted by Crippen LogP contribution is 2.53. The molecule has 0 saturated carbocycles. The van der Waals surface area contributed by atoms with E-state index in [2.05, 4.69) is 5.32 Å². The number of nitrogens with one attached hydrogen (secondary N) is 1. The molecule has 0 heterocycles. The summed E-state index contributed by atoms with van der Waals surface area (Å²) in [5.41, 5.74) is 0.275. The average molecular weight is 415 g/mol. The van der Waals surface area contributed by atoms with E-state index in [0.717, 1.165) is 0 Å². The molecule has 1 N–H and O–H groups in total. The Hall–Kier alpha value is 0.280. The van der Waals surface area contributed by atoms with Crippen LogP contribution in [0.4, 0.5) is 14.5 Å². The first kappa shape index (κ1) is 19.3. The number of benzene rings is 1. The first-order valence-corrected chi connectivity index (χ1v) is 8.17. The molecule has 0 atom stereocenters. The van der Waals surface area contributed by atoms with Gasteiger partial charge in [-0.3, -0.25) is 0 Å². The number of alkyl halides is 5. The van der Waals surface area contributed by atoms with Crippen molar-refractivity contribution in [3.63, 3.8) is 0 Å². The van der Waals surface area contributed by atoms with Crippen LogP contribution >= 0.6 is 70.4 Å². The van der Waals surface area contributed by atoms with Crippen LogP contribution in [0.2, 0.25) is 5.02 Å². The van der Waals surface area contributed by atoms with E-state index >= 15 is 0 Å². The first-order chi connectivity index (χ1) is 9.56. The van der Waals surface area contributed by atoms with Gasteiger partial charge in [-0.1, -0.05) is 46.4 Å². The quantitative estimate of drug-likeness (QED) is 0.363. The normalized spacial score (nSPS) is 12.1. The fourth-order valence-electron chi connectivity index (χ4n) is 1.16. The van der Waals surface area contributed by atoms with E-state index in [4.69, 9.17) is 63.4 Å². The maximum Gasteiger partial charge on any atom is 0.344 e. The van der Waals surface area contributed by atoms with Crippen LogP contribution in [-0.2, 0) is 4.74 Å². The predicted octanol–water partition coefficient (Wildman–Crippen LogP) is 6.13. The number of rotatable bonds is 4. The molecule has 0 bridgehead atoms. The van der Waals surface area contributed by atoms with E-state index < -0.39 is 9.05 Å². The molecular weight excluding hydrogens is 406 g/mol. The Kier molecular flexibility index (Phi) is 7.09. The number of hydrogen-bond acceptors (Lipinski definition) is 3. The molecule has 0 unspecified atom stereocenters. The molecule has 0 aliphatic heterocycles.